The van der Waals surface area contributed by atoms with Gasteiger partial charge in [0.25, 0.3) is 5.91 Å². The summed E-state index contributed by atoms with van der Waals surface area (Å²) in [5.41, 5.74) is 2.71. The molecule has 3 fully saturated rings. The third-order valence-corrected chi connectivity index (χ3v) is 10.2. The lowest BCUT2D eigenvalue weighted by Gasteiger charge is -2.36. The van der Waals surface area contributed by atoms with Crippen molar-refractivity contribution in [2.75, 3.05) is 40.3 Å². The molecule has 0 spiro atoms. The van der Waals surface area contributed by atoms with E-state index in [1.165, 1.54) is 37.0 Å². The number of thiophene rings is 1. The maximum atomic E-state index is 13.4. The fraction of sp³-hybridized carbons (Fsp3) is 0.613. The van der Waals surface area contributed by atoms with Crippen molar-refractivity contribution in [1.82, 2.24) is 20.0 Å². The number of nitrogens with one attached hydrogen (secondary N) is 1. The summed E-state index contributed by atoms with van der Waals surface area (Å²) < 4.78 is 5.33. The van der Waals surface area contributed by atoms with Crippen LogP contribution in [-0.2, 0) is 0 Å². The largest absolute Gasteiger partial charge is 0.497 e. The molecule has 1 aliphatic carbocycles. The van der Waals surface area contributed by atoms with E-state index in [0.29, 0.717) is 30.6 Å². The normalized spacial score (nSPS) is 23.3. The van der Waals surface area contributed by atoms with Crippen molar-refractivity contribution in [3.63, 3.8) is 0 Å². The van der Waals surface area contributed by atoms with Crippen LogP contribution in [0.15, 0.2) is 30.3 Å². The molecule has 0 radical (unpaired) electrons. The Morgan fingerprint density at radius 1 is 1.00 bits per heavy atom. The fourth-order valence-corrected chi connectivity index (χ4v) is 7.46. The van der Waals surface area contributed by atoms with Crippen molar-refractivity contribution >= 4 is 23.3 Å². The van der Waals surface area contributed by atoms with Crippen molar-refractivity contribution < 1.29 is 14.3 Å². The molecule has 2 saturated heterocycles. The number of aryl methyl sites for hydroxylation is 1. The Labute approximate surface area is 237 Å². The minimum atomic E-state index is 0.0257. The van der Waals surface area contributed by atoms with Crippen LogP contribution in [0.1, 0.15) is 67.6 Å². The van der Waals surface area contributed by atoms with Gasteiger partial charge < -0.3 is 24.8 Å². The lowest BCUT2D eigenvalue weighted by molar-refractivity contribution is 0.0740. The Balaban J connectivity index is 1.12. The highest BCUT2D eigenvalue weighted by Gasteiger charge is 2.37. The highest BCUT2D eigenvalue weighted by atomic mass is 32.1. The van der Waals surface area contributed by atoms with Crippen LogP contribution in [0.3, 0.4) is 0 Å². The number of likely N-dealkylation sites (tertiary alicyclic amines) is 2. The summed E-state index contributed by atoms with van der Waals surface area (Å²) >= 11 is 1.52. The number of benzene rings is 1. The molecule has 39 heavy (non-hydrogen) atoms. The number of rotatable bonds is 6. The zero-order valence-electron chi connectivity index (χ0n) is 24.2. The van der Waals surface area contributed by atoms with Crippen molar-refractivity contribution in [1.29, 1.82) is 0 Å². The summed E-state index contributed by atoms with van der Waals surface area (Å²) in [5.74, 6) is 0.857. The van der Waals surface area contributed by atoms with Gasteiger partial charge in [-0.3, -0.25) is 4.79 Å². The second-order valence-electron chi connectivity index (χ2n) is 12.5. The summed E-state index contributed by atoms with van der Waals surface area (Å²) in [4.78, 5) is 34.3. The summed E-state index contributed by atoms with van der Waals surface area (Å²) in [5, 5.41) is 3.84. The van der Waals surface area contributed by atoms with Crippen LogP contribution in [0.4, 0.5) is 4.79 Å². The molecule has 1 N–H and O–H groups in total. The van der Waals surface area contributed by atoms with E-state index in [1.807, 2.05) is 52.1 Å². The Morgan fingerprint density at radius 2 is 1.72 bits per heavy atom. The maximum absolute atomic E-state index is 13.4. The Hall–Kier alpha value is -2.58. The van der Waals surface area contributed by atoms with E-state index in [9.17, 15) is 9.59 Å². The average Bonchev–Trinajstić information content (AvgIpc) is 3.70. The van der Waals surface area contributed by atoms with Crippen molar-refractivity contribution in [3.05, 3.63) is 40.8 Å². The number of amides is 3. The number of carbonyl (C=O) groups is 2. The summed E-state index contributed by atoms with van der Waals surface area (Å²) in [6.45, 7) is 9.70. The van der Waals surface area contributed by atoms with Crippen LogP contribution in [0, 0.1) is 12.3 Å². The molecular weight excluding hydrogens is 508 g/mol. The summed E-state index contributed by atoms with van der Waals surface area (Å²) in [7, 11) is 3.54. The van der Waals surface area contributed by atoms with Crippen LogP contribution < -0.4 is 10.1 Å². The molecule has 0 unspecified atom stereocenters. The van der Waals surface area contributed by atoms with Crippen molar-refractivity contribution in [2.24, 2.45) is 5.41 Å². The van der Waals surface area contributed by atoms with E-state index in [0.717, 1.165) is 52.6 Å². The van der Waals surface area contributed by atoms with Gasteiger partial charge in [0.1, 0.15) is 5.75 Å². The van der Waals surface area contributed by atoms with Gasteiger partial charge in [-0.2, -0.15) is 0 Å². The van der Waals surface area contributed by atoms with Crippen LogP contribution in [0.25, 0.3) is 10.4 Å². The lowest BCUT2D eigenvalue weighted by atomic mass is 9.75. The highest BCUT2D eigenvalue weighted by molar-refractivity contribution is 7.17. The number of urea groups is 1. The first-order chi connectivity index (χ1) is 18.6. The molecule has 2 aromatic rings. The predicted molar refractivity (Wildman–Crippen MR) is 158 cm³/mol. The molecule has 2 atom stereocenters. The molecule has 1 saturated carbocycles. The van der Waals surface area contributed by atoms with Gasteiger partial charge in [-0.1, -0.05) is 13.8 Å². The van der Waals surface area contributed by atoms with Gasteiger partial charge in [0, 0.05) is 50.2 Å². The first kappa shape index (κ1) is 28.0. The van der Waals surface area contributed by atoms with Gasteiger partial charge >= 0.3 is 6.03 Å². The number of likely N-dealkylation sites (N-methyl/N-ethyl adjacent to an activating group) is 1. The average molecular weight is 553 g/mol. The van der Waals surface area contributed by atoms with Crippen LogP contribution >= 0.6 is 11.3 Å². The summed E-state index contributed by atoms with van der Waals surface area (Å²) in [6.07, 6.45) is 6.85. The highest BCUT2D eigenvalue weighted by Crippen LogP contribution is 2.36. The maximum Gasteiger partial charge on any atom is 0.320 e. The summed E-state index contributed by atoms with van der Waals surface area (Å²) in [6, 6.07) is 11.1. The van der Waals surface area contributed by atoms with E-state index in [2.05, 4.69) is 26.1 Å². The minimum absolute atomic E-state index is 0.0257. The van der Waals surface area contributed by atoms with E-state index in [-0.39, 0.29) is 18.0 Å². The molecule has 2 aliphatic heterocycles. The van der Waals surface area contributed by atoms with Crippen LogP contribution in [-0.4, -0.2) is 85.1 Å². The van der Waals surface area contributed by atoms with Gasteiger partial charge in [0.15, 0.2) is 0 Å². The predicted octanol–water partition coefficient (Wildman–Crippen LogP) is 5.63. The molecule has 212 valence electrons. The monoisotopic (exact) mass is 552 g/mol. The number of hydrogen-bond acceptors (Lipinski definition) is 5. The number of ether oxygens (including phenoxy) is 1. The molecule has 1 aromatic heterocycles. The SMILES string of the molecule is COc1ccc(-c2ccc(C(=O)N(C)[C@H]3CCN(C(=O)N4CC[C@@H](NC5CCC(C)(C)CC5)C4)C3)s2)c(C)c1. The van der Waals surface area contributed by atoms with Crippen molar-refractivity contribution in [2.45, 2.75) is 77.4 Å². The second-order valence-corrected chi connectivity index (χ2v) is 13.6. The van der Waals surface area contributed by atoms with Gasteiger partial charge in [0.05, 0.1) is 18.0 Å². The standard InChI is InChI=1S/C31H44N4O3S/c1-21-18-25(38-5)6-7-26(21)27-8-9-28(39-27)29(36)33(4)24-13-17-35(20-24)30(37)34-16-12-23(19-34)32-22-10-14-31(2,3)15-11-22/h6-9,18,22-24,32H,10-17,19-20H2,1-5H3/t23-,24+/m1/s1. The first-order valence-corrected chi connectivity index (χ1v) is 15.3. The van der Waals surface area contributed by atoms with E-state index >= 15 is 0 Å². The smallest absolute Gasteiger partial charge is 0.320 e. The number of methoxy groups -OCH3 is 1. The Morgan fingerprint density at radius 3 is 2.44 bits per heavy atom. The molecule has 7 nitrogen and oxygen atoms in total. The molecule has 3 aliphatic rings. The third-order valence-electron chi connectivity index (χ3n) is 9.09. The Bertz CT molecular complexity index is 1180. The van der Waals surface area contributed by atoms with Gasteiger partial charge in [-0.15, -0.1) is 11.3 Å². The molecule has 0 bridgehead atoms. The molecule has 8 heteroatoms. The minimum Gasteiger partial charge on any atom is -0.497 e. The molecule has 5 rings (SSSR count). The lowest BCUT2D eigenvalue weighted by Crippen LogP contribution is -2.46. The van der Waals surface area contributed by atoms with E-state index in [1.54, 1.807) is 7.11 Å². The quantitative estimate of drug-likeness (QED) is 0.504. The first-order valence-electron chi connectivity index (χ1n) is 14.5. The van der Waals surface area contributed by atoms with Crippen LogP contribution in [0.5, 0.6) is 5.75 Å². The fourth-order valence-electron chi connectivity index (χ4n) is 6.38. The number of nitrogens with zero attached hydrogens (tertiary/aromatic N) is 3. The molecule has 1 aromatic carbocycles. The number of carbonyl (C=O) groups excluding carboxylic acids is 2. The zero-order valence-corrected chi connectivity index (χ0v) is 25.0. The van der Waals surface area contributed by atoms with E-state index < -0.39 is 0 Å². The number of hydrogen-bond donors (Lipinski definition) is 1. The topological polar surface area (TPSA) is 65.1 Å². The van der Waals surface area contributed by atoms with Gasteiger partial charge in [-0.05, 0) is 92.3 Å². The second kappa shape index (κ2) is 11.5. The van der Waals surface area contributed by atoms with E-state index in [4.69, 9.17) is 4.74 Å². The Kier molecular flexibility index (Phi) is 8.24. The van der Waals surface area contributed by atoms with Gasteiger partial charge in [-0.25, -0.2) is 4.79 Å². The molecular formula is C31H44N4O3S. The molecule has 3 amide bonds. The zero-order chi connectivity index (χ0) is 27.7. The van der Waals surface area contributed by atoms with Crippen LogP contribution in [0.2, 0.25) is 0 Å². The third kappa shape index (κ3) is 6.27. The van der Waals surface area contributed by atoms with Crippen molar-refractivity contribution in [3.8, 4) is 16.2 Å². The molecule has 3 heterocycles. The van der Waals surface area contributed by atoms with Gasteiger partial charge in [0.2, 0.25) is 0 Å².